The summed E-state index contributed by atoms with van der Waals surface area (Å²) >= 11 is 0. The third-order valence-corrected chi connectivity index (χ3v) is 3.73. The molecule has 1 aromatic carbocycles. The molecule has 0 unspecified atom stereocenters. The summed E-state index contributed by atoms with van der Waals surface area (Å²) in [5.74, 6) is 2.90. The fourth-order valence-corrected chi connectivity index (χ4v) is 2.37. The molecule has 0 radical (unpaired) electrons. The van der Waals surface area contributed by atoms with Crippen molar-refractivity contribution in [3.63, 3.8) is 0 Å². The van der Waals surface area contributed by atoms with Crippen molar-refractivity contribution in [3.8, 4) is 11.4 Å². The number of hydrogen-bond donors (Lipinski definition) is 2. The van der Waals surface area contributed by atoms with Crippen molar-refractivity contribution in [2.75, 3.05) is 37.5 Å². The smallest absolute Gasteiger partial charge is 0.163 e. The van der Waals surface area contributed by atoms with Gasteiger partial charge in [0.15, 0.2) is 11.6 Å². The molecule has 2 aromatic heterocycles. The third-order valence-electron chi connectivity index (χ3n) is 3.73. The van der Waals surface area contributed by atoms with Crippen molar-refractivity contribution in [2.45, 2.75) is 6.92 Å². The largest absolute Gasteiger partial charge is 0.383 e. The summed E-state index contributed by atoms with van der Waals surface area (Å²) in [7, 11) is 3.68. The highest BCUT2D eigenvalue weighted by molar-refractivity contribution is 5.64. The number of methoxy groups -OCH3 is 1. The second-order valence-corrected chi connectivity index (χ2v) is 5.78. The maximum atomic E-state index is 5.16. The number of ether oxygens (including phenoxy) is 1. The van der Waals surface area contributed by atoms with Crippen LogP contribution in [0.25, 0.3) is 11.4 Å². The van der Waals surface area contributed by atoms with Crippen LogP contribution < -0.4 is 10.2 Å². The van der Waals surface area contributed by atoms with Gasteiger partial charge in [0.2, 0.25) is 0 Å². The molecule has 2 N–H and O–H groups in total. The van der Waals surface area contributed by atoms with Crippen LogP contribution >= 0.6 is 0 Å². The zero-order chi connectivity index (χ0) is 17.6. The zero-order valence-electron chi connectivity index (χ0n) is 14.7. The number of benzene rings is 1. The van der Waals surface area contributed by atoms with E-state index < -0.39 is 0 Å². The van der Waals surface area contributed by atoms with Gasteiger partial charge in [-0.2, -0.15) is 5.10 Å². The summed E-state index contributed by atoms with van der Waals surface area (Å²) in [6, 6.07) is 13.8. The van der Waals surface area contributed by atoms with Gasteiger partial charge in [-0.05, 0) is 6.92 Å². The first-order valence-corrected chi connectivity index (χ1v) is 8.09. The Kier molecular flexibility index (Phi) is 5.25. The Bertz CT molecular complexity index is 824. The summed E-state index contributed by atoms with van der Waals surface area (Å²) in [6.45, 7) is 3.32. The van der Waals surface area contributed by atoms with Crippen LogP contribution in [0.5, 0.6) is 0 Å². The van der Waals surface area contributed by atoms with Crippen LogP contribution in [0.3, 0.4) is 0 Å². The fourth-order valence-electron chi connectivity index (χ4n) is 2.37. The third kappa shape index (κ3) is 4.33. The Balaban J connectivity index is 0.00000243. The molecule has 0 saturated heterocycles. The summed E-state index contributed by atoms with van der Waals surface area (Å²) < 4.78 is 5.16. The average Bonchev–Trinajstić information content (AvgIpc) is 3.04. The number of nitrogens with one attached hydrogen (secondary N) is 2. The first-order valence-electron chi connectivity index (χ1n) is 8.09. The van der Waals surface area contributed by atoms with Crippen molar-refractivity contribution >= 4 is 17.5 Å². The molecule has 0 aliphatic carbocycles. The van der Waals surface area contributed by atoms with Crippen molar-refractivity contribution in [1.29, 1.82) is 0 Å². The maximum Gasteiger partial charge on any atom is 0.163 e. The highest BCUT2D eigenvalue weighted by Crippen LogP contribution is 2.23. The van der Waals surface area contributed by atoms with E-state index in [4.69, 9.17) is 9.72 Å². The van der Waals surface area contributed by atoms with Crippen molar-refractivity contribution in [1.82, 2.24) is 20.2 Å². The average molecular weight is 340 g/mol. The summed E-state index contributed by atoms with van der Waals surface area (Å²) in [5, 5.41) is 10.4. The van der Waals surface area contributed by atoms with Crippen LogP contribution in [0, 0.1) is 6.92 Å². The van der Waals surface area contributed by atoms with Gasteiger partial charge in [-0.25, -0.2) is 9.97 Å². The van der Waals surface area contributed by atoms with Gasteiger partial charge in [0, 0.05) is 45.5 Å². The van der Waals surface area contributed by atoms with Crippen molar-refractivity contribution in [2.24, 2.45) is 0 Å². The van der Waals surface area contributed by atoms with Crippen LogP contribution in [-0.2, 0) is 4.74 Å². The summed E-state index contributed by atoms with van der Waals surface area (Å²) in [4.78, 5) is 11.4. The molecule has 0 atom stereocenters. The molecule has 7 heteroatoms. The topological polar surface area (TPSA) is 79.0 Å². The first kappa shape index (κ1) is 16.9. The molecule has 3 rings (SSSR count). The van der Waals surface area contributed by atoms with Crippen LogP contribution in [0.15, 0.2) is 42.5 Å². The number of aromatic amines is 1. The molecule has 2 heterocycles. The van der Waals surface area contributed by atoms with Gasteiger partial charge in [0.25, 0.3) is 0 Å². The predicted octanol–water partition coefficient (Wildman–Crippen LogP) is 3.25. The van der Waals surface area contributed by atoms with E-state index in [1.165, 1.54) is 0 Å². The van der Waals surface area contributed by atoms with E-state index in [0.29, 0.717) is 18.2 Å². The number of rotatable bonds is 7. The highest BCUT2D eigenvalue weighted by Gasteiger charge is 2.11. The molecule has 0 aliphatic rings. The molecule has 0 saturated carbocycles. The second-order valence-electron chi connectivity index (χ2n) is 5.78. The Hall–Kier alpha value is -2.93. The predicted molar refractivity (Wildman–Crippen MR) is 101 cm³/mol. The molecule has 0 bridgehead atoms. The lowest BCUT2D eigenvalue weighted by atomic mass is 10.2. The Morgan fingerprint density at radius 2 is 1.96 bits per heavy atom. The molecule has 3 aromatic rings. The monoisotopic (exact) mass is 340 g/mol. The minimum absolute atomic E-state index is 0. The maximum absolute atomic E-state index is 5.16. The van der Waals surface area contributed by atoms with E-state index in [9.17, 15) is 0 Å². The quantitative estimate of drug-likeness (QED) is 0.687. The first-order chi connectivity index (χ1) is 12.2. The molecule has 0 amide bonds. The van der Waals surface area contributed by atoms with E-state index in [1.54, 1.807) is 7.11 Å². The van der Waals surface area contributed by atoms with Gasteiger partial charge < -0.3 is 15.0 Å². The molecule has 7 nitrogen and oxygen atoms in total. The number of hydrogen-bond acceptors (Lipinski definition) is 6. The lowest BCUT2D eigenvalue weighted by molar-refractivity contribution is 0.206. The van der Waals surface area contributed by atoms with Gasteiger partial charge in [-0.1, -0.05) is 30.3 Å². The minimum atomic E-state index is 0. The van der Waals surface area contributed by atoms with E-state index in [1.807, 2.05) is 61.3 Å². The van der Waals surface area contributed by atoms with Gasteiger partial charge in [0.1, 0.15) is 11.6 Å². The number of aryl methyl sites for hydroxylation is 1. The number of likely N-dealkylation sites (N-methyl/N-ethyl adjacent to an activating group) is 1. The normalized spacial score (nSPS) is 10.7. The lowest BCUT2D eigenvalue weighted by Crippen LogP contribution is -2.23. The summed E-state index contributed by atoms with van der Waals surface area (Å²) in [6.07, 6.45) is 0. The fraction of sp³-hybridized carbons (Fsp3) is 0.278. The zero-order valence-corrected chi connectivity index (χ0v) is 14.7. The van der Waals surface area contributed by atoms with Crippen molar-refractivity contribution < 1.29 is 6.16 Å². The lowest BCUT2D eigenvalue weighted by Gasteiger charge is -2.19. The van der Waals surface area contributed by atoms with E-state index >= 15 is 0 Å². The Morgan fingerprint density at radius 3 is 2.64 bits per heavy atom. The molecule has 0 aliphatic heterocycles. The van der Waals surface area contributed by atoms with Crippen LogP contribution in [-0.4, -0.2) is 47.5 Å². The van der Waals surface area contributed by atoms with Gasteiger partial charge in [0.05, 0.1) is 6.61 Å². The highest BCUT2D eigenvalue weighted by atomic mass is 16.5. The van der Waals surface area contributed by atoms with Crippen LogP contribution in [0.4, 0.5) is 17.5 Å². The van der Waals surface area contributed by atoms with Gasteiger partial charge in [-0.3, -0.25) is 5.10 Å². The molecular weight excluding hydrogens is 316 g/mol. The van der Waals surface area contributed by atoms with E-state index in [0.717, 1.165) is 29.4 Å². The second kappa shape index (κ2) is 7.76. The van der Waals surface area contributed by atoms with Gasteiger partial charge >= 0.3 is 0 Å². The van der Waals surface area contributed by atoms with Crippen LogP contribution in [0.2, 0.25) is 0 Å². The standard InChI is InChI=1S/C18H22N6O.H2/c1-13-11-16(23-22-13)19-15-12-17(24(2)9-10-25-3)21-18(20-15)14-7-5-4-6-8-14;/h4-8,11-12H,9-10H2,1-3H3,(H2,19,20,21,22,23);1H. The van der Waals surface area contributed by atoms with Crippen molar-refractivity contribution in [3.05, 3.63) is 48.2 Å². The molecule has 25 heavy (non-hydrogen) atoms. The van der Waals surface area contributed by atoms with E-state index in [2.05, 4.69) is 20.5 Å². The summed E-state index contributed by atoms with van der Waals surface area (Å²) in [5.41, 5.74) is 1.95. The minimum Gasteiger partial charge on any atom is -0.383 e. The number of aromatic nitrogens is 4. The SMILES string of the molecule is COCCN(C)c1cc(Nc2cc(C)[nH]n2)nc(-c2ccccc2)n1.[HH]. The number of nitrogens with zero attached hydrogens (tertiary/aromatic N) is 4. The molecular formula is C18H24N6O. The van der Waals surface area contributed by atoms with Gasteiger partial charge in [-0.15, -0.1) is 0 Å². The van der Waals surface area contributed by atoms with Crippen LogP contribution in [0.1, 0.15) is 7.12 Å². The molecule has 0 fully saturated rings. The Morgan fingerprint density at radius 1 is 1.16 bits per heavy atom. The molecule has 132 valence electrons. The number of anilines is 3. The number of H-pyrrole nitrogens is 1. The molecule has 0 spiro atoms. The van der Waals surface area contributed by atoms with E-state index in [-0.39, 0.29) is 1.43 Å². The Labute approximate surface area is 148 Å².